The van der Waals surface area contributed by atoms with Gasteiger partial charge in [-0.05, 0) is 38.8 Å². The van der Waals surface area contributed by atoms with Gasteiger partial charge in [-0.25, -0.2) is 0 Å². The Hall–Kier alpha value is -1.35. The number of benzene rings is 1. The summed E-state index contributed by atoms with van der Waals surface area (Å²) in [6, 6.07) is 7.89. The number of amides is 1. The highest BCUT2D eigenvalue weighted by Gasteiger charge is 2.26. The Bertz CT molecular complexity index is 419. The second-order valence-electron chi connectivity index (χ2n) is 5.89. The van der Waals surface area contributed by atoms with Crippen molar-refractivity contribution in [1.82, 2.24) is 5.32 Å². The fraction of sp³-hybridized carbons (Fsp3) is 0.562. The Balaban J connectivity index is 1.79. The molecule has 1 amide bonds. The van der Waals surface area contributed by atoms with E-state index in [4.69, 9.17) is 0 Å². The van der Waals surface area contributed by atoms with E-state index in [1.54, 1.807) is 0 Å². The molecule has 0 spiro atoms. The predicted molar refractivity (Wildman–Crippen MR) is 79.3 cm³/mol. The molecule has 2 N–H and O–H groups in total. The maximum Gasteiger partial charge on any atom is 0.238 e. The van der Waals surface area contributed by atoms with Crippen LogP contribution >= 0.6 is 0 Å². The van der Waals surface area contributed by atoms with E-state index in [0.29, 0.717) is 6.54 Å². The lowest BCUT2D eigenvalue weighted by molar-refractivity contribution is -0.115. The van der Waals surface area contributed by atoms with Crippen LogP contribution in [-0.4, -0.2) is 18.0 Å². The highest BCUT2D eigenvalue weighted by molar-refractivity contribution is 5.92. The van der Waals surface area contributed by atoms with Gasteiger partial charge in [0.25, 0.3) is 0 Å². The van der Waals surface area contributed by atoms with Gasteiger partial charge in [-0.3, -0.25) is 4.79 Å². The average molecular weight is 260 g/mol. The summed E-state index contributed by atoms with van der Waals surface area (Å²) in [7, 11) is 0. The quantitative estimate of drug-likeness (QED) is 0.872. The molecule has 19 heavy (non-hydrogen) atoms. The third-order valence-corrected chi connectivity index (χ3v) is 3.97. The Morgan fingerprint density at radius 1 is 1.16 bits per heavy atom. The molecule has 0 saturated heterocycles. The van der Waals surface area contributed by atoms with E-state index < -0.39 is 0 Å². The summed E-state index contributed by atoms with van der Waals surface area (Å²) in [5.41, 5.74) is 2.21. The highest BCUT2D eigenvalue weighted by atomic mass is 16.1. The molecule has 1 aromatic carbocycles. The minimum absolute atomic E-state index is 0.0376. The van der Waals surface area contributed by atoms with Crippen molar-refractivity contribution in [2.45, 2.75) is 51.5 Å². The fourth-order valence-corrected chi connectivity index (χ4v) is 2.64. The maximum atomic E-state index is 11.9. The van der Waals surface area contributed by atoms with E-state index in [1.165, 1.54) is 37.7 Å². The molecule has 0 heterocycles. The zero-order valence-corrected chi connectivity index (χ0v) is 12.0. The Morgan fingerprint density at radius 2 is 1.79 bits per heavy atom. The van der Waals surface area contributed by atoms with Gasteiger partial charge in [-0.1, -0.05) is 37.0 Å². The number of carbonyl (C=O) groups excluding carboxylic acids is 1. The van der Waals surface area contributed by atoms with E-state index in [2.05, 4.69) is 17.6 Å². The van der Waals surface area contributed by atoms with Gasteiger partial charge in [0.1, 0.15) is 0 Å². The summed E-state index contributed by atoms with van der Waals surface area (Å²) >= 11 is 0. The Labute approximate surface area is 115 Å². The van der Waals surface area contributed by atoms with Crippen molar-refractivity contribution in [3.05, 3.63) is 29.8 Å². The molecule has 1 aliphatic carbocycles. The first kappa shape index (κ1) is 14.1. The molecule has 0 aromatic heterocycles. The third-order valence-electron chi connectivity index (χ3n) is 3.97. The fourth-order valence-electron chi connectivity index (χ4n) is 2.64. The molecule has 1 aliphatic rings. The summed E-state index contributed by atoms with van der Waals surface area (Å²) in [6.45, 7) is 4.66. The van der Waals surface area contributed by atoms with E-state index in [1.807, 2.05) is 31.2 Å². The Kier molecular flexibility index (Phi) is 4.59. The second-order valence-corrected chi connectivity index (χ2v) is 5.89. The average Bonchev–Trinajstić information content (AvgIpc) is 2.40. The summed E-state index contributed by atoms with van der Waals surface area (Å²) in [5, 5.41) is 6.34. The first-order valence-electron chi connectivity index (χ1n) is 7.19. The van der Waals surface area contributed by atoms with Crippen LogP contribution < -0.4 is 10.6 Å². The first-order chi connectivity index (χ1) is 9.07. The van der Waals surface area contributed by atoms with Crippen LogP contribution in [0.1, 0.15) is 44.6 Å². The van der Waals surface area contributed by atoms with Gasteiger partial charge >= 0.3 is 0 Å². The van der Waals surface area contributed by atoms with E-state index >= 15 is 0 Å². The van der Waals surface area contributed by atoms with Gasteiger partial charge in [0.05, 0.1) is 6.54 Å². The lowest BCUT2D eigenvalue weighted by Gasteiger charge is -2.34. The van der Waals surface area contributed by atoms with Crippen LogP contribution in [0.3, 0.4) is 0 Å². The summed E-state index contributed by atoms with van der Waals surface area (Å²) in [4.78, 5) is 11.9. The summed E-state index contributed by atoms with van der Waals surface area (Å²) in [5.74, 6) is 0.0376. The van der Waals surface area contributed by atoms with Crippen LogP contribution in [0.5, 0.6) is 0 Å². The van der Waals surface area contributed by atoms with E-state index in [-0.39, 0.29) is 11.4 Å². The molecule has 0 atom stereocenters. The zero-order valence-electron chi connectivity index (χ0n) is 12.0. The number of rotatable bonds is 4. The SMILES string of the molecule is Cc1ccc(NC(=O)CNC2(C)CCCCC2)cc1. The van der Waals surface area contributed by atoms with Crippen LogP contribution in [0.25, 0.3) is 0 Å². The molecule has 1 saturated carbocycles. The topological polar surface area (TPSA) is 41.1 Å². The molecule has 1 fully saturated rings. The standard InChI is InChI=1S/C16H24N2O/c1-13-6-8-14(9-7-13)18-15(19)12-17-16(2)10-4-3-5-11-16/h6-9,17H,3-5,10-12H2,1-2H3,(H,18,19). The number of carbonyl (C=O) groups is 1. The largest absolute Gasteiger partial charge is 0.325 e. The molecular weight excluding hydrogens is 236 g/mol. The van der Waals surface area contributed by atoms with Crippen molar-refractivity contribution < 1.29 is 4.79 Å². The van der Waals surface area contributed by atoms with E-state index in [0.717, 1.165) is 5.69 Å². The molecule has 104 valence electrons. The summed E-state index contributed by atoms with van der Waals surface area (Å²) in [6.07, 6.45) is 6.20. The lowest BCUT2D eigenvalue weighted by atomic mass is 9.83. The van der Waals surface area contributed by atoms with Crippen molar-refractivity contribution in [2.75, 3.05) is 11.9 Å². The molecule has 0 aliphatic heterocycles. The van der Waals surface area contributed by atoms with Gasteiger partial charge in [0.15, 0.2) is 0 Å². The molecule has 3 nitrogen and oxygen atoms in total. The normalized spacial score (nSPS) is 18.0. The van der Waals surface area contributed by atoms with Gasteiger partial charge in [-0.15, -0.1) is 0 Å². The molecule has 0 radical (unpaired) electrons. The van der Waals surface area contributed by atoms with Crippen molar-refractivity contribution in [1.29, 1.82) is 0 Å². The number of hydrogen-bond acceptors (Lipinski definition) is 2. The predicted octanol–water partition coefficient (Wildman–Crippen LogP) is 3.25. The lowest BCUT2D eigenvalue weighted by Crippen LogP contribution is -2.47. The van der Waals surface area contributed by atoms with Gasteiger partial charge in [0.2, 0.25) is 5.91 Å². The van der Waals surface area contributed by atoms with Crippen LogP contribution in [-0.2, 0) is 4.79 Å². The monoisotopic (exact) mass is 260 g/mol. The molecule has 3 heteroatoms. The van der Waals surface area contributed by atoms with Gasteiger partial charge in [0, 0.05) is 11.2 Å². The van der Waals surface area contributed by atoms with Crippen LogP contribution in [0, 0.1) is 6.92 Å². The maximum absolute atomic E-state index is 11.9. The summed E-state index contributed by atoms with van der Waals surface area (Å²) < 4.78 is 0. The Morgan fingerprint density at radius 3 is 2.42 bits per heavy atom. The molecule has 1 aromatic rings. The molecular formula is C16H24N2O. The number of aryl methyl sites for hydroxylation is 1. The highest BCUT2D eigenvalue weighted by Crippen LogP contribution is 2.27. The van der Waals surface area contributed by atoms with Crippen molar-refractivity contribution in [3.63, 3.8) is 0 Å². The van der Waals surface area contributed by atoms with Crippen molar-refractivity contribution in [3.8, 4) is 0 Å². The van der Waals surface area contributed by atoms with Crippen LogP contribution in [0.15, 0.2) is 24.3 Å². The minimum Gasteiger partial charge on any atom is -0.325 e. The van der Waals surface area contributed by atoms with Crippen LogP contribution in [0.2, 0.25) is 0 Å². The van der Waals surface area contributed by atoms with Gasteiger partial charge in [-0.2, -0.15) is 0 Å². The second kappa shape index (κ2) is 6.20. The number of nitrogens with one attached hydrogen (secondary N) is 2. The number of anilines is 1. The minimum atomic E-state index is 0.0376. The molecule has 0 bridgehead atoms. The number of hydrogen-bond donors (Lipinski definition) is 2. The molecule has 2 rings (SSSR count). The van der Waals surface area contributed by atoms with E-state index in [9.17, 15) is 4.79 Å². The third kappa shape index (κ3) is 4.35. The van der Waals surface area contributed by atoms with Crippen molar-refractivity contribution >= 4 is 11.6 Å². The zero-order chi connectivity index (χ0) is 13.7. The van der Waals surface area contributed by atoms with Crippen LogP contribution in [0.4, 0.5) is 5.69 Å². The smallest absolute Gasteiger partial charge is 0.238 e. The van der Waals surface area contributed by atoms with Gasteiger partial charge < -0.3 is 10.6 Å². The molecule has 0 unspecified atom stereocenters. The van der Waals surface area contributed by atoms with Crippen molar-refractivity contribution in [2.24, 2.45) is 0 Å². The first-order valence-corrected chi connectivity index (χ1v) is 7.19.